The summed E-state index contributed by atoms with van der Waals surface area (Å²) in [5.74, 6) is -1.27. The van der Waals surface area contributed by atoms with Gasteiger partial charge in [0.25, 0.3) is 0 Å². The molecule has 0 aliphatic carbocycles. The Kier molecular flexibility index (Phi) is 6.15. The number of carboxylic acid groups (broad SMARTS) is 1. The fourth-order valence-corrected chi connectivity index (χ4v) is 0.912. The van der Waals surface area contributed by atoms with Gasteiger partial charge in [0.2, 0.25) is 0 Å². The molecule has 0 aromatic heterocycles. The summed E-state index contributed by atoms with van der Waals surface area (Å²) in [5, 5.41) is 10.1. The maximum atomic E-state index is 10.1. The van der Waals surface area contributed by atoms with Crippen LogP contribution in [0.15, 0.2) is 11.8 Å². The third kappa shape index (κ3) is 5.77. The van der Waals surface area contributed by atoms with Gasteiger partial charge in [0.15, 0.2) is 0 Å². The van der Waals surface area contributed by atoms with Crippen molar-refractivity contribution >= 4 is 5.97 Å². The summed E-state index contributed by atoms with van der Waals surface area (Å²) in [7, 11) is 0. The van der Waals surface area contributed by atoms with E-state index in [0.717, 1.165) is 19.3 Å². The molecule has 12 heavy (non-hydrogen) atoms. The van der Waals surface area contributed by atoms with E-state index in [9.17, 15) is 9.90 Å². The van der Waals surface area contributed by atoms with Crippen LogP contribution in [0, 0.1) is 0 Å². The number of hydrogen-bond acceptors (Lipinski definition) is 3. The van der Waals surface area contributed by atoms with Gasteiger partial charge < -0.3 is 15.6 Å². The van der Waals surface area contributed by atoms with Crippen LogP contribution in [-0.4, -0.2) is 5.97 Å². The SMILES string of the molecule is CCCCCC/C=C(\N)C(=O)[O-]. The van der Waals surface area contributed by atoms with Crippen LogP contribution in [0.2, 0.25) is 0 Å². The van der Waals surface area contributed by atoms with Gasteiger partial charge in [0, 0.05) is 0 Å². The topological polar surface area (TPSA) is 66.2 Å². The number of carbonyl (C=O) groups is 1. The van der Waals surface area contributed by atoms with Gasteiger partial charge in [-0.3, -0.25) is 0 Å². The van der Waals surface area contributed by atoms with E-state index in [1.807, 2.05) is 0 Å². The molecule has 0 bridgehead atoms. The van der Waals surface area contributed by atoms with E-state index >= 15 is 0 Å². The van der Waals surface area contributed by atoms with Gasteiger partial charge in [-0.05, 0) is 12.8 Å². The highest BCUT2D eigenvalue weighted by Crippen LogP contribution is 2.03. The number of allylic oxidation sites excluding steroid dienone is 1. The molecule has 0 aliphatic rings. The molecule has 3 heteroatoms. The molecule has 0 rings (SSSR count). The highest BCUT2D eigenvalue weighted by atomic mass is 16.4. The second-order valence-corrected chi connectivity index (χ2v) is 2.80. The lowest BCUT2D eigenvalue weighted by Gasteiger charge is -2.01. The first-order valence-corrected chi connectivity index (χ1v) is 4.35. The lowest BCUT2D eigenvalue weighted by atomic mass is 10.1. The highest BCUT2D eigenvalue weighted by Gasteiger charge is 1.89. The van der Waals surface area contributed by atoms with Crippen LogP contribution in [0.3, 0.4) is 0 Å². The molecule has 3 nitrogen and oxygen atoms in total. The second kappa shape index (κ2) is 6.70. The summed E-state index contributed by atoms with van der Waals surface area (Å²) in [6.45, 7) is 2.13. The average Bonchev–Trinajstić information content (AvgIpc) is 2.03. The first-order valence-electron chi connectivity index (χ1n) is 4.35. The maximum Gasteiger partial charge on any atom is 0.0869 e. The zero-order valence-electron chi connectivity index (χ0n) is 7.51. The summed E-state index contributed by atoms with van der Waals surface area (Å²) >= 11 is 0. The standard InChI is InChI=1S/C9H17NO2/c1-2-3-4-5-6-7-8(10)9(11)12/h7H,2-6,10H2,1H3,(H,11,12)/p-1/b8-7-. The van der Waals surface area contributed by atoms with Crippen molar-refractivity contribution < 1.29 is 9.90 Å². The van der Waals surface area contributed by atoms with Crippen molar-refractivity contribution in [3.05, 3.63) is 11.8 Å². The number of hydrogen-bond donors (Lipinski definition) is 1. The minimum Gasteiger partial charge on any atom is -0.543 e. The lowest BCUT2D eigenvalue weighted by Crippen LogP contribution is -2.28. The lowest BCUT2D eigenvalue weighted by molar-refractivity contribution is -0.299. The van der Waals surface area contributed by atoms with Crippen LogP contribution >= 0.6 is 0 Å². The Morgan fingerprint density at radius 1 is 1.42 bits per heavy atom. The fourth-order valence-electron chi connectivity index (χ4n) is 0.912. The molecule has 0 spiro atoms. The van der Waals surface area contributed by atoms with E-state index < -0.39 is 5.97 Å². The molecule has 0 aromatic carbocycles. The fraction of sp³-hybridized carbons (Fsp3) is 0.667. The molecule has 0 aromatic rings. The smallest absolute Gasteiger partial charge is 0.0869 e. The van der Waals surface area contributed by atoms with Crippen LogP contribution in [0.4, 0.5) is 0 Å². The highest BCUT2D eigenvalue weighted by molar-refractivity contribution is 5.83. The quantitative estimate of drug-likeness (QED) is 0.467. The van der Waals surface area contributed by atoms with Gasteiger partial charge in [-0.15, -0.1) is 0 Å². The molecular weight excluding hydrogens is 154 g/mol. The molecule has 70 valence electrons. The van der Waals surface area contributed by atoms with E-state index in [4.69, 9.17) is 5.73 Å². The predicted molar refractivity (Wildman–Crippen MR) is 46.0 cm³/mol. The molecule has 0 saturated heterocycles. The molecule has 2 N–H and O–H groups in total. The Hall–Kier alpha value is -0.990. The third-order valence-electron chi connectivity index (χ3n) is 1.66. The van der Waals surface area contributed by atoms with Crippen LogP contribution in [0.1, 0.15) is 39.0 Å². The first kappa shape index (κ1) is 11.0. The van der Waals surface area contributed by atoms with Crippen LogP contribution in [0.25, 0.3) is 0 Å². The molecule has 0 fully saturated rings. The minimum absolute atomic E-state index is 0.147. The number of rotatable bonds is 6. The Morgan fingerprint density at radius 2 is 2.08 bits per heavy atom. The number of carbonyl (C=O) groups excluding carboxylic acids is 1. The van der Waals surface area contributed by atoms with Gasteiger partial charge in [-0.25, -0.2) is 0 Å². The summed E-state index contributed by atoms with van der Waals surface area (Å²) in [6.07, 6.45) is 6.76. The molecule has 0 saturated carbocycles. The van der Waals surface area contributed by atoms with Gasteiger partial charge in [0.05, 0.1) is 11.7 Å². The van der Waals surface area contributed by atoms with Crippen molar-refractivity contribution in [1.82, 2.24) is 0 Å². The maximum absolute atomic E-state index is 10.1. The van der Waals surface area contributed by atoms with E-state index in [2.05, 4.69) is 6.92 Å². The zero-order valence-corrected chi connectivity index (χ0v) is 7.51. The summed E-state index contributed by atoms with van der Waals surface area (Å²) in [4.78, 5) is 10.1. The van der Waals surface area contributed by atoms with E-state index in [1.54, 1.807) is 0 Å². The molecule has 0 radical (unpaired) electrons. The Labute approximate surface area is 73.3 Å². The summed E-state index contributed by atoms with van der Waals surface area (Å²) in [5.41, 5.74) is 4.98. The van der Waals surface area contributed by atoms with Gasteiger partial charge >= 0.3 is 0 Å². The van der Waals surface area contributed by atoms with Crippen molar-refractivity contribution in [2.45, 2.75) is 39.0 Å². The van der Waals surface area contributed by atoms with Crippen molar-refractivity contribution in [2.75, 3.05) is 0 Å². The zero-order chi connectivity index (χ0) is 9.40. The molecule has 0 amide bonds. The third-order valence-corrected chi connectivity index (χ3v) is 1.66. The van der Waals surface area contributed by atoms with Gasteiger partial charge in [-0.1, -0.05) is 32.3 Å². The van der Waals surface area contributed by atoms with Crippen molar-refractivity contribution in [3.63, 3.8) is 0 Å². The number of unbranched alkanes of at least 4 members (excludes halogenated alkanes) is 4. The normalized spacial score (nSPS) is 11.6. The Bertz CT molecular complexity index is 164. The monoisotopic (exact) mass is 170 g/mol. The van der Waals surface area contributed by atoms with Crippen molar-refractivity contribution in [1.29, 1.82) is 0 Å². The molecular formula is C9H16NO2-. The summed E-state index contributed by atoms with van der Waals surface area (Å²) < 4.78 is 0. The van der Waals surface area contributed by atoms with E-state index in [-0.39, 0.29) is 5.70 Å². The van der Waals surface area contributed by atoms with Gasteiger partial charge in [-0.2, -0.15) is 0 Å². The van der Waals surface area contributed by atoms with Gasteiger partial charge in [0.1, 0.15) is 0 Å². The molecule has 0 atom stereocenters. The largest absolute Gasteiger partial charge is 0.543 e. The second-order valence-electron chi connectivity index (χ2n) is 2.80. The number of aliphatic carboxylic acids is 1. The minimum atomic E-state index is -1.27. The first-order chi connectivity index (χ1) is 5.68. The number of carboxylic acids is 1. The number of nitrogens with two attached hydrogens (primary N) is 1. The van der Waals surface area contributed by atoms with Crippen LogP contribution < -0.4 is 10.8 Å². The van der Waals surface area contributed by atoms with E-state index in [1.165, 1.54) is 18.9 Å². The Morgan fingerprint density at radius 3 is 2.58 bits per heavy atom. The average molecular weight is 170 g/mol. The van der Waals surface area contributed by atoms with Crippen molar-refractivity contribution in [2.24, 2.45) is 5.73 Å². The Balaban J connectivity index is 3.40. The van der Waals surface area contributed by atoms with Crippen molar-refractivity contribution in [3.8, 4) is 0 Å². The van der Waals surface area contributed by atoms with Crippen LogP contribution in [-0.2, 0) is 4.79 Å². The molecule has 0 heterocycles. The van der Waals surface area contributed by atoms with Crippen LogP contribution in [0.5, 0.6) is 0 Å². The summed E-state index contributed by atoms with van der Waals surface area (Å²) in [6, 6.07) is 0. The van der Waals surface area contributed by atoms with E-state index in [0.29, 0.717) is 0 Å². The molecule has 0 unspecified atom stereocenters. The molecule has 0 aliphatic heterocycles. The predicted octanol–water partition coefficient (Wildman–Crippen LogP) is 0.549.